The molecule has 0 aromatic carbocycles. The Kier molecular flexibility index (Phi) is 4.34. The molecule has 0 unspecified atom stereocenters. The van der Waals surface area contributed by atoms with E-state index in [4.69, 9.17) is 11.2 Å². The summed E-state index contributed by atoms with van der Waals surface area (Å²) < 4.78 is 5.12. The average Bonchev–Trinajstić information content (AvgIpc) is 2.54. The predicted octanol–water partition coefficient (Wildman–Crippen LogP) is 0.759. The zero-order chi connectivity index (χ0) is 9.52. The quantitative estimate of drug-likeness (QED) is 0.362. The number of aliphatic imine (C=N–C) groups is 1. The second-order valence-electron chi connectivity index (χ2n) is 3.15. The van der Waals surface area contributed by atoms with Gasteiger partial charge >= 0.3 is 0 Å². The van der Waals surface area contributed by atoms with Crippen LogP contribution in [0.1, 0.15) is 12.8 Å². The van der Waals surface area contributed by atoms with Crippen LogP contribution in [-0.2, 0) is 4.74 Å². The molecule has 1 heterocycles. The molecule has 72 valence electrons. The number of ether oxygens (including phenoxy) is 1. The highest BCUT2D eigenvalue weighted by Gasteiger charge is 2.21. The minimum atomic E-state index is 0.468. The molecule has 1 fully saturated rings. The number of hydrogen-bond acceptors (Lipinski definition) is 2. The van der Waals surface area contributed by atoms with Gasteiger partial charge in [-0.2, -0.15) is 0 Å². The highest BCUT2D eigenvalue weighted by molar-refractivity contribution is 5.56. The van der Waals surface area contributed by atoms with Crippen LogP contribution in [0.2, 0.25) is 0 Å². The van der Waals surface area contributed by atoms with Gasteiger partial charge in [0.15, 0.2) is 0 Å². The molecule has 1 atom stereocenters. The van der Waals surface area contributed by atoms with Gasteiger partial charge in [0, 0.05) is 13.7 Å². The Bertz CT molecular complexity index is 207. The Morgan fingerprint density at radius 1 is 1.77 bits per heavy atom. The van der Waals surface area contributed by atoms with Crippen molar-refractivity contribution >= 4 is 6.34 Å². The van der Waals surface area contributed by atoms with E-state index in [1.54, 1.807) is 7.11 Å². The minimum absolute atomic E-state index is 0.468. The molecule has 0 spiro atoms. The van der Waals surface area contributed by atoms with Crippen molar-refractivity contribution in [1.82, 2.24) is 4.90 Å². The molecular weight excluding hydrogens is 164 g/mol. The SMILES string of the molecule is C#CCN=CN1CCC[C@H]1COC. The number of nitrogens with zero attached hydrogens (tertiary/aromatic N) is 2. The average molecular weight is 180 g/mol. The molecule has 0 aromatic heterocycles. The first-order valence-corrected chi connectivity index (χ1v) is 4.56. The lowest BCUT2D eigenvalue weighted by Gasteiger charge is -2.20. The summed E-state index contributed by atoms with van der Waals surface area (Å²) in [5, 5.41) is 0. The zero-order valence-corrected chi connectivity index (χ0v) is 8.07. The Hall–Kier alpha value is -1.01. The van der Waals surface area contributed by atoms with Crippen LogP contribution >= 0.6 is 0 Å². The van der Waals surface area contributed by atoms with Crippen molar-refractivity contribution in [2.45, 2.75) is 18.9 Å². The second-order valence-corrected chi connectivity index (χ2v) is 3.15. The van der Waals surface area contributed by atoms with Crippen molar-refractivity contribution in [3.63, 3.8) is 0 Å². The van der Waals surface area contributed by atoms with Crippen molar-refractivity contribution in [2.24, 2.45) is 4.99 Å². The van der Waals surface area contributed by atoms with Crippen LogP contribution in [0, 0.1) is 12.3 Å². The van der Waals surface area contributed by atoms with Gasteiger partial charge in [0.2, 0.25) is 0 Å². The van der Waals surface area contributed by atoms with E-state index in [-0.39, 0.29) is 0 Å². The lowest BCUT2D eigenvalue weighted by molar-refractivity contribution is 0.147. The first-order valence-electron chi connectivity index (χ1n) is 4.56. The maximum absolute atomic E-state index is 5.12. The molecule has 1 rings (SSSR count). The predicted molar refractivity (Wildman–Crippen MR) is 53.8 cm³/mol. The Labute approximate surface area is 79.8 Å². The molecule has 13 heavy (non-hydrogen) atoms. The van der Waals surface area contributed by atoms with Gasteiger partial charge in [-0.3, -0.25) is 4.99 Å². The summed E-state index contributed by atoms with van der Waals surface area (Å²) in [5.41, 5.74) is 0. The fourth-order valence-corrected chi connectivity index (χ4v) is 1.58. The van der Waals surface area contributed by atoms with Crippen molar-refractivity contribution in [1.29, 1.82) is 0 Å². The molecule has 0 aliphatic carbocycles. The van der Waals surface area contributed by atoms with Crippen LogP contribution in [0.25, 0.3) is 0 Å². The highest BCUT2D eigenvalue weighted by atomic mass is 16.5. The number of hydrogen-bond donors (Lipinski definition) is 0. The summed E-state index contributed by atoms with van der Waals surface area (Å²) in [4.78, 5) is 6.32. The van der Waals surface area contributed by atoms with E-state index in [1.807, 2.05) is 6.34 Å². The van der Waals surface area contributed by atoms with Gasteiger partial charge in [-0.05, 0) is 12.8 Å². The van der Waals surface area contributed by atoms with E-state index < -0.39 is 0 Å². The number of methoxy groups -OCH3 is 1. The molecule has 0 amide bonds. The van der Waals surface area contributed by atoms with Crippen molar-refractivity contribution in [3.8, 4) is 12.3 Å². The van der Waals surface area contributed by atoms with E-state index in [9.17, 15) is 0 Å². The van der Waals surface area contributed by atoms with Crippen molar-refractivity contribution in [3.05, 3.63) is 0 Å². The Morgan fingerprint density at radius 3 is 3.31 bits per heavy atom. The van der Waals surface area contributed by atoms with Crippen LogP contribution in [0.4, 0.5) is 0 Å². The third-order valence-corrected chi connectivity index (χ3v) is 2.19. The smallest absolute Gasteiger partial charge is 0.101 e. The first kappa shape index (κ1) is 10.1. The molecule has 0 aromatic rings. The fourth-order valence-electron chi connectivity index (χ4n) is 1.58. The summed E-state index contributed by atoms with van der Waals surface area (Å²) in [7, 11) is 1.73. The highest BCUT2D eigenvalue weighted by Crippen LogP contribution is 2.14. The Morgan fingerprint density at radius 2 is 2.62 bits per heavy atom. The molecular formula is C10H16N2O. The number of terminal acetylenes is 1. The topological polar surface area (TPSA) is 24.8 Å². The van der Waals surface area contributed by atoms with Crippen LogP contribution in [0.15, 0.2) is 4.99 Å². The normalized spacial score (nSPS) is 22.5. The van der Waals surface area contributed by atoms with Crippen LogP contribution < -0.4 is 0 Å². The summed E-state index contributed by atoms with van der Waals surface area (Å²) in [6.45, 7) is 2.32. The molecule has 1 aliphatic rings. The molecule has 0 saturated carbocycles. The summed E-state index contributed by atoms with van der Waals surface area (Å²) >= 11 is 0. The number of rotatable bonds is 4. The van der Waals surface area contributed by atoms with Gasteiger partial charge in [0.1, 0.15) is 6.54 Å². The Balaban J connectivity index is 2.35. The van der Waals surface area contributed by atoms with Crippen molar-refractivity contribution in [2.75, 3.05) is 26.8 Å². The molecule has 0 radical (unpaired) electrons. The third-order valence-electron chi connectivity index (χ3n) is 2.19. The lowest BCUT2D eigenvalue weighted by Crippen LogP contribution is -2.31. The van der Waals surface area contributed by atoms with E-state index in [0.29, 0.717) is 12.6 Å². The second kappa shape index (κ2) is 5.60. The van der Waals surface area contributed by atoms with Gasteiger partial charge in [-0.15, -0.1) is 6.42 Å². The fraction of sp³-hybridized carbons (Fsp3) is 0.700. The van der Waals surface area contributed by atoms with E-state index in [1.165, 1.54) is 12.8 Å². The van der Waals surface area contributed by atoms with Crippen LogP contribution in [0.5, 0.6) is 0 Å². The number of likely N-dealkylation sites (tertiary alicyclic amines) is 1. The van der Waals surface area contributed by atoms with Crippen molar-refractivity contribution < 1.29 is 4.74 Å². The first-order chi connectivity index (χ1) is 6.38. The minimum Gasteiger partial charge on any atom is -0.383 e. The molecule has 1 aliphatic heterocycles. The van der Waals surface area contributed by atoms with Gasteiger partial charge < -0.3 is 9.64 Å². The molecule has 3 heteroatoms. The van der Waals surface area contributed by atoms with E-state index in [0.717, 1.165) is 13.2 Å². The van der Waals surface area contributed by atoms with Gasteiger partial charge in [-0.25, -0.2) is 0 Å². The summed E-state index contributed by atoms with van der Waals surface area (Å²) in [6.07, 6.45) is 9.37. The molecule has 3 nitrogen and oxygen atoms in total. The van der Waals surface area contributed by atoms with Crippen LogP contribution in [-0.4, -0.2) is 44.1 Å². The maximum atomic E-state index is 5.12. The zero-order valence-electron chi connectivity index (χ0n) is 8.07. The largest absolute Gasteiger partial charge is 0.383 e. The van der Waals surface area contributed by atoms with Gasteiger partial charge in [0.25, 0.3) is 0 Å². The summed E-state index contributed by atoms with van der Waals surface area (Å²) in [5.74, 6) is 2.48. The molecule has 1 saturated heterocycles. The summed E-state index contributed by atoms with van der Waals surface area (Å²) in [6, 6.07) is 0.492. The monoisotopic (exact) mass is 180 g/mol. The van der Waals surface area contributed by atoms with Crippen LogP contribution in [0.3, 0.4) is 0 Å². The molecule has 0 bridgehead atoms. The standard InChI is InChI=1S/C10H16N2O/c1-3-6-11-9-12-7-4-5-10(12)8-13-2/h1,9-10H,4-8H2,2H3/t10-/m0/s1. The molecule has 0 N–H and O–H groups in total. The van der Waals surface area contributed by atoms with E-state index in [2.05, 4.69) is 15.8 Å². The lowest BCUT2D eigenvalue weighted by atomic mass is 10.2. The van der Waals surface area contributed by atoms with Gasteiger partial charge in [0.05, 0.1) is 19.0 Å². The van der Waals surface area contributed by atoms with Gasteiger partial charge in [-0.1, -0.05) is 5.92 Å². The third kappa shape index (κ3) is 3.08. The maximum Gasteiger partial charge on any atom is 0.101 e. The van der Waals surface area contributed by atoms with E-state index >= 15 is 0 Å².